The van der Waals surface area contributed by atoms with E-state index in [1.54, 1.807) is 31.2 Å². The highest BCUT2D eigenvalue weighted by Gasteiger charge is 2.14. The van der Waals surface area contributed by atoms with Crippen LogP contribution in [0.4, 0.5) is 10.5 Å². The van der Waals surface area contributed by atoms with Crippen LogP contribution in [0.15, 0.2) is 34.7 Å². The number of rotatable bonds is 4. The lowest BCUT2D eigenvalue weighted by molar-refractivity contribution is 0.0695. The highest BCUT2D eigenvalue weighted by atomic mass is 35.5. The second-order valence-corrected chi connectivity index (χ2v) is 4.74. The molecule has 0 fully saturated rings. The number of aryl methyl sites for hydroxylation is 1. The van der Waals surface area contributed by atoms with E-state index in [1.807, 2.05) is 0 Å². The number of aromatic carboxylic acids is 1. The van der Waals surface area contributed by atoms with Gasteiger partial charge in [0.2, 0.25) is 0 Å². The Morgan fingerprint density at radius 1 is 1.29 bits per heavy atom. The number of benzene rings is 1. The number of hydrogen-bond acceptors (Lipinski definition) is 3. The number of carboxylic acid groups (broad SMARTS) is 1. The number of carboxylic acids is 1. The van der Waals surface area contributed by atoms with Gasteiger partial charge in [0.1, 0.15) is 17.1 Å². The van der Waals surface area contributed by atoms with Crippen LogP contribution in [0.5, 0.6) is 0 Å². The molecule has 0 spiro atoms. The van der Waals surface area contributed by atoms with E-state index >= 15 is 0 Å². The number of urea groups is 1. The van der Waals surface area contributed by atoms with E-state index in [4.69, 9.17) is 21.1 Å². The normalized spacial score (nSPS) is 10.2. The maximum Gasteiger partial charge on any atom is 0.339 e. The van der Waals surface area contributed by atoms with Crippen molar-refractivity contribution in [3.63, 3.8) is 0 Å². The first-order valence-electron chi connectivity index (χ1n) is 6.08. The summed E-state index contributed by atoms with van der Waals surface area (Å²) in [6, 6.07) is 7.62. The van der Waals surface area contributed by atoms with Gasteiger partial charge in [-0.1, -0.05) is 11.6 Å². The first-order valence-corrected chi connectivity index (χ1v) is 6.46. The lowest BCUT2D eigenvalue weighted by Crippen LogP contribution is -2.27. The summed E-state index contributed by atoms with van der Waals surface area (Å²) >= 11 is 5.74. The Balaban J connectivity index is 1.90. The minimum absolute atomic E-state index is 0.0879. The fourth-order valence-corrected chi connectivity index (χ4v) is 1.85. The van der Waals surface area contributed by atoms with Crippen molar-refractivity contribution in [3.05, 3.63) is 52.4 Å². The molecule has 0 aliphatic heterocycles. The second-order valence-electron chi connectivity index (χ2n) is 4.30. The predicted molar refractivity (Wildman–Crippen MR) is 77.7 cm³/mol. The highest BCUT2D eigenvalue weighted by molar-refractivity contribution is 6.30. The Labute approximate surface area is 125 Å². The molecular formula is C14H13ClN2O4. The van der Waals surface area contributed by atoms with Crippen molar-refractivity contribution in [2.75, 3.05) is 5.32 Å². The molecule has 0 saturated carbocycles. The van der Waals surface area contributed by atoms with Crippen LogP contribution in [0.25, 0.3) is 0 Å². The summed E-state index contributed by atoms with van der Waals surface area (Å²) in [6.45, 7) is 1.65. The molecular weight excluding hydrogens is 296 g/mol. The van der Waals surface area contributed by atoms with Gasteiger partial charge in [0.25, 0.3) is 0 Å². The summed E-state index contributed by atoms with van der Waals surface area (Å²) < 4.78 is 5.25. The highest BCUT2D eigenvalue weighted by Crippen LogP contribution is 2.15. The first-order chi connectivity index (χ1) is 9.95. The van der Waals surface area contributed by atoms with Gasteiger partial charge >= 0.3 is 12.0 Å². The first kappa shape index (κ1) is 14.9. The molecule has 0 aliphatic rings. The molecule has 1 aromatic heterocycles. The van der Waals surface area contributed by atoms with Gasteiger partial charge in [-0.05, 0) is 37.3 Å². The zero-order valence-electron chi connectivity index (χ0n) is 11.1. The van der Waals surface area contributed by atoms with Crippen molar-refractivity contribution in [2.24, 2.45) is 0 Å². The molecule has 1 aromatic carbocycles. The Hall–Kier alpha value is -2.47. The van der Waals surface area contributed by atoms with Gasteiger partial charge in [-0.3, -0.25) is 0 Å². The predicted octanol–water partition coefficient (Wildman–Crippen LogP) is 3.26. The monoisotopic (exact) mass is 308 g/mol. The third kappa shape index (κ3) is 4.00. The standard InChI is InChI=1S/C14H13ClN2O4/c1-8-12(13(18)19)6-11(21-8)7-16-14(20)17-10-4-2-9(15)3-5-10/h2-6H,7H2,1H3,(H,18,19)(H2,16,17,20). The molecule has 21 heavy (non-hydrogen) atoms. The average Bonchev–Trinajstić information content (AvgIpc) is 2.81. The fraction of sp³-hybridized carbons (Fsp3) is 0.143. The molecule has 2 amide bonds. The van der Waals surface area contributed by atoms with Crippen LogP contribution in [0.1, 0.15) is 21.9 Å². The van der Waals surface area contributed by atoms with Gasteiger partial charge in [0.15, 0.2) is 0 Å². The lowest BCUT2D eigenvalue weighted by Gasteiger charge is -2.06. The van der Waals surface area contributed by atoms with Gasteiger partial charge in [-0.25, -0.2) is 9.59 Å². The molecule has 6 nitrogen and oxygen atoms in total. The number of anilines is 1. The summed E-state index contributed by atoms with van der Waals surface area (Å²) in [7, 11) is 0. The Morgan fingerprint density at radius 3 is 2.52 bits per heavy atom. The molecule has 1 heterocycles. The smallest absolute Gasteiger partial charge is 0.339 e. The van der Waals surface area contributed by atoms with Crippen LogP contribution in [0, 0.1) is 6.92 Å². The van der Waals surface area contributed by atoms with Crippen LogP contribution in [0.2, 0.25) is 5.02 Å². The molecule has 2 rings (SSSR count). The summed E-state index contributed by atoms with van der Waals surface area (Å²) in [5.74, 6) is -0.387. The summed E-state index contributed by atoms with van der Waals surface area (Å²) in [5.41, 5.74) is 0.684. The maximum atomic E-state index is 11.7. The van der Waals surface area contributed by atoms with E-state index in [9.17, 15) is 9.59 Å². The minimum Gasteiger partial charge on any atom is -0.478 e. The van der Waals surface area contributed by atoms with Crippen LogP contribution in [-0.4, -0.2) is 17.1 Å². The third-order valence-electron chi connectivity index (χ3n) is 2.72. The molecule has 0 bridgehead atoms. The minimum atomic E-state index is -1.06. The number of carbonyl (C=O) groups excluding carboxylic acids is 1. The van der Waals surface area contributed by atoms with Gasteiger partial charge in [-0.15, -0.1) is 0 Å². The number of carbonyl (C=O) groups is 2. The third-order valence-corrected chi connectivity index (χ3v) is 2.98. The lowest BCUT2D eigenvalue weighted by atomic mass is 10.2. The van der Waals surface area contributed by atoms with Crippen molar-refractivity contribution in [2.45, 2.75) is 13.5 Å². The number of nitrogens with one attached hydrogen (secondary N) is 2. The molecule has 0 unspecified atom stereocenters. The quantitative estimate of drug-likeness (QED) is 0.808. The second kappa shape index (κ2) is 6.32. The van der Waals surface area contributed by atoms with E-state index in [1.165, 1.54) is 6.07 Å². The Morgan fingerprint density at radius 2 is 1.95 bits per heavy atom. The Bertz CT molecular complexity index is 664. The van der Waals surface area contributed by atoms with Crippen molar-refractivity contribution in [1.82, 2.24) is 5.32 Å². The largest absolute Gasteiger partial charge is 0.478 e. The van der Waals surface area contributed by atoms with Crippen molar-refractivity contribution in [3.8, 4) is 0 Å². The number of halogens is 1. The number of hydrogen-bond donors (Lipinski definition) is 3. The molecule has 0 saturated heterocycles. The van der Waals surface area contributed by atoms with Crippen LogP contribution < -0.4 is 10.6 Å². The number of furan rings is 1. The Kier molecular flexibility index (Phi) is 4.49. The van der Waals surface area contributed by atoms with Gasteiger partial charge < -0.3 is 20.2 Å². The molecule has 0 radical (unpaired) electrons. The summed E-state index contributed by atoms with van der Waals surface area (Å²) in [6.07, 6.45) is 0. The van der Waals surface area contributed by atoms with Crippen molar-refractivity contribution < 1.29 is 19.1 Å². The topological polar surface area (TPSA) is 91.6 Å². The fourth-order valence-electron chi connectivity index (χ4n) is 1.72. The van der Waals surface area contributed by atoms with Gasteiger partial charge in [-0.2, -0.15) is 0 Å². The van der Waals surface area contributed by atoms with Crippen LogP contribution >= 0.6 is 11.6 Å². The van der Waals surface area contributed by atoms with E-state index in [0.717, 1.165) is 0 Å². The molecule has 0 atom stereocenters. The molecule has 3 N–H and O–H groups in total. The molecule has 110 valence electrons. The summed E-state index contributed by atoms with van der Waals surface area (Å²) in [4.78, 5) is 22.6. The van der Waals surface area contributed by atoms with Crippen molar-refractivity contribution in [1.29, 1.82) is 0 Å². The zero-order chi connectivity index (χ0) is 15.4. The van der Waals surface area contributed by atoms with E-state index in [0.29, 0.717) is 22.2 Å². The molecule has 2 aromatic rings. The zero-order valence-corrected chi connectivity index (χ0v) is 11.9. The molecule has 0 aliphatic carbocycles. The van der Waals surface area contributed by atoms with E-state index < -0.39 is 12.0 Å². The molecule has 7 heteroatoms. The average molecular weight is 309 g/mol. The number of amides is 2. The van der Waals surface area contributed by atoms with E-state index in [-0.39, 0.29) is 12.1 Å². The van der Waals surface area contributed by atoms with Gasteiger partial charge in [0, 0.05) is 10.7 Å². The van der Waals surface area contributed by atoms with E-state index in [2.05, 4.69) is 10.6 Å². The van der Waals surface area contributed by atoms with Crippen molar-refractivity contribution >= 4 is 29.3 Å². The SMILES string of the molecule is Cc1oc(CNC(=O)Nc2ccc(Cl)cc2)cc1C(=O)O. The van der Waals surface area contributed by atoms with Crippen LogP contribution in [0.3, 0.4) is 0 Å². The maximum absolute atomic E-state index is 11.7. The van der Waals surface area contributed by atoms with Crippen LogP contribution in [-0.2, 0) is 6.54 Å². The summed E-state index contributed by atoms with van der Waals surface area (Å²) in [5, 5.41) is 14.7. The van der Waals surface area contributed by atoms with Gasteiger partial charge in [0.05, 0.1) is 6.54 Å².